The Bertz CT molecular complexity index is 1590. The third kappa shape index (κ3) is 11.5. The number of aliphatic carboxylic acids is 1. The van der Waals surface area contributed by atoms with Crippen LogP contribution in [0, 0.1) is 12.3 Å². The van der Waals surface area contributed by atoms with Crippen LogP contribution in [0.3, 0.4) is 0 Å². The Kier molecular flexibility index (Phi) is 14.7. The van der Waals surface area contributed by atoms with Crippen molar-refractivity contribution in [3.63, 3.8) is 0 Å². The second kappa shape index (κ2) is 18.3. The van der Waals surface area contributed by atoms with Crippen molar-refractivity contribution in [1.82, 2.24) is 16.0 Å². The molecule has 0 heterocycles. The molecule has 4 rings (SSSR count). The molecule has 2 aromatic carbocycles. The van der Waals surface area contributed by atoms with Crippen LogP contribution in [-0.2, 0) is 30.4 Å². The predicted octanol–water partition coefficient (Wildman–Crippen LogP) is 4.11. The maximum Gasteiger partial charge on any atom is 0.490 e. The van der Waals surface area contributed by atoms with E-state index in [1.807, 2.05) is 61.5 Å². The van der Waals surface area contributed by atoms with Crippen LogP contribution in [0.2, 0.25) is 0 Å². The molecule has 0 radical (unpaired) electrons. The molecule has 6 atom stereocenters. The van der Waals surface area contributed by atoms with Gasteiger partial charge in [-0.1, -0.05) is 79.9 Å². The van der Waals surface area contributed by atoms with E-state index in [0.29, 0.717) is 12.8 Å². The minimum atomic E-state index is -5.08. The minimum absolute atomic E-state index is 0.168. The smallest absolute Gasteiger partial charge is 0.475 e. The van der Waals surface area contributed by atoms with Crippen molar-refractivity contribution in [3.8, 4) is 0 Å². The number of Topliss-reactive ketones (excluding diaryl/α,β-unsaturated/α-hetero) is 1. The molecule has 0 saturated heterocycles. The highest BCUT2D eigenvalue weighted by molar-refractivity contribution is 6.10. The van der Waals surface area contributed by atoms with Crippen LogP contribution in [0.15, 0.2) is 60.7 Å². The van der Waals surface area contributed by atoms with Crippen LogP contribution in [0.1, 0.15) is 81.9 Å². The molecule has 2 fully saturated rings. The fraction of sp³-hybridized carbons (Fsp3) is 0.500. The van der Waals surface area contributed by atoms with Gasteiger partial charge in [0, 0.05) is 24.2 Å². The van der Waals surface area contributed by atoms with Crippen molar-refractivity contribution < 1.29 is 42.3 Å². The number of carboxylic acids is 1. The maximum atomic E-state index is 14.6. The first kappa shape index (κ1) is 41.9. The molecule has 3 amide bonds. The largest absolute Gasteiger partial charge is 0.490 e. The Balaban J connectivity index is 0.000000944. The highest BCUT2D eigenvalue weighted by atomic mass is 19.4. The Morgan fingerprint density at radius 3 is 2.13 bits per heavy atom. The van der Waals surface area contributed by atoms with Crippen molar-refractivity contribution in [2.75, 3.05) is 0 Å². The summed E-state index contributed by atoms with van der Waals surface area (Å²) in [5.41, 5.74) is 12.8. The monoisotopic (exact) mass is 729 g/mol. The summed E-state index contributed by atoms with van der Waals surface area (Å²) in [6.45, 7) is 5.43. The lowest BCUT2D eigenvalue weighted by atomic mass is 9.75. The van der Waals surface area contributed by atoms with Gasteiger partial charge in [-0.05, 0) is 76.0 Å². The highest BCUT2D eigenvalue weighted by Crippen LogP contribution is 2.40. The normalized spacial score (nSPS) is 23.3. The first-order valence-corrected chi connectivity index (χ1v) is 17.5. The van der Waals surface area contributed by atoms with Gasteiger partial charge >= 0.3 is 12.1 Å². The number of aryl methyl sites for hydroxylation is 1. The highest BCUT2D eigenvalue weighted by Gasteiger charge is 2.53. The molecule has 0 unspecified atom stereocenters. The fourth-order valence-electron chi connectivity index (χ4n) is 6.45. The Morgan fingerprint density at radius 2 is 1.60 bits per heavy atom. The molecule has 0 bridgehead atoms. The zero-order valence-electron chi connectivity index (χ0n) is 29.8. The number of carboxylic acid groups (broad SMARTS) is 1. The number of ketones is 1. The number of halogens is 3. The molecule has 284 valence electrons. The number of alkyl halides is 3. The summed E-state index contributed by atoms with van der Waals surface area (Å²) in [6, 6.07) is 15.4. The lowest BCUT2D eigenvalue weighted by Crippen LogP contribution is -2.62. The second-order valence-electron chi connectivity index (χ2n) is 13.9. The number of hydrogen-bond donors (Lipinski definition) is 6. The first-order chi connectivity index (χ1) is 24.4. The predicted molar refractivity (Wildman–Crippen MR) is 190 cm³/mol. The molecular formula is C38H50F3N5O6. The summed E-state index contributed by atoms with van der Waals surface area (Å²) >= 11 is 0. The zero-order chi connectivity index (χ0) is 38.7. The van der Waals surface area contributed by atoms with Crippen molar-refractivity contribution in [2.45, 2.75) is 114 Å². The summed E-state index contributed by atoms with van der Waals surface area (Å²) in [6.07, 6.45) is 3.07. The van der Waals surface area contributed by atoms with Gasteiger partial charge in [0.1, 0.15) is 11.0 Å². The first-order valence-electron chi connectivity index (χ1n) is 17.5. The van der Waals surface area contributed by atoms with E-state index in [9.17, 15) is 32.3 Å². The summed E-state index contributed by atoms with van der Waals surface area (Å²) in [7, 11) is 0. The third-order valence-corrected chi connectivity index (χ3v) is 9.85. The van der Waals surface area contributed by atoms with Gasteiger partial charge in [-0.2, -0.15) is 13.2 Å². The summed E-state index contributed by atoms with van der Waals surface area (Å²) in [5, 5.41) is 16.0. The lowest BCUT2D eigenvalue weighted by Gasteiger charge is -2.36. The van der Waals surface area contributed by atoms with Crippen molar-refractivity contribution in [2.24, 2.45) is 16.9 Å². The number of carbonyl (C=O) groups excluding carboxylic acids is 4. The van der Waals surface area contributed by atoms with Crippen molar-refractivity contribution in [1.29, 1.82) is 0 Å². The summed E-state index contributed by atoms with van der Waals surface area (Å²) < 4.78 is 31.7. The number of hydrogen-bond acceptors (Lipinski definition) is 7. The van der Waals surface area contributed by atoms with Gasteiger partial charge < -0.3 is 32.5 Å². The molecule has 52 heavy (non-hydrogen) atoms. The van der Waals surface area contributed by atoms with Gasteiger partial charge in [0.2, 0.25) is 17.7 Å². The molecule has 0 spiro atoms. The number of benzene rings is 2. The zero-order valence-corrected chi connectivity index (χ0v) is 29.8. The SMILES string of the molecule is CC[C@@](C)(NC(=O)C=Cc1ccc(C)cc1)C(=O)N[C@H](Cc1ccccc1)C(=O)[C@@]1(C(=O)N[C@H]2CCCC[C@@H]2N)CC[C@H](N)C1.O=C(O)C(F)(F)F. The van der Waals surface area contributed by atoms with E-state index in [4.69, 9.17) is 21.4 Å². The van der Waals surface area contributed by atoms with Gasteiger partial charge in [0.05, 0.1) is 6.04 Å². The van der Waals surface area contributed by atoms with E-state index < -0.39 is 41.0 Å². The summed E-state index contributed by atoms with van der Waals surface area (Å²) in [4.78, 5) is 64.3. The number of nitrogens with two attached hydrogens (primary N) is 2. The van der Waals surface area contributed by atoms with Gasteiger partial charge in [0.15, 0.2) is 5.78 Å². The molecular weight excluding hydrogens is 679 g/mol. The molecule has 2 saturated carbocycles. The maximum absolute atomic E-state index is 14.6. The Hall–Kier alpha value is -4.56. The van der Waals surface area contributed by atoms with Crippen LogP contribution in [0.25, 0.3) is 6.08 Å². The number of nitrogens with one attached hydrogen (secondary N) is 3. The van der Waals surface area contributed by atoms with E-state index in [2.05, 4.69) is 16.0 Å². The molecule has 14 heteroatoms. The Labute approximate surface area is 302 Å². The van der Waals surface area contributed by atoms with Crippen LogP contribution in [0.4, 0.5) is 13.2 Å². The van der Waals surface area contributed by atoms with E-state index in [0.717, 1.165) is 42.4 Å². The van der Waals surface area contributed by atoms with Gasteiger partial charge in [-0.3, -0.25) is 19.2 Å². The van der Waals surface area contributed by atoms with Crippen LogP contribution >= 0.6 is 0 Å². The van der Waals surface area contributed by atoms with Crippen LogP contribution < -0.4 is 27.4 Å². The van der Waals surface area contributed by atoms with Gasteiger partial charge in [-0.15, -0.1) is 0 Å². The van der Waals surface area contributed by atoms with Gasteiger partial charge in [-0.25, -0.2) is 4.79 Å². The molecule has 0 aromatic heterocycles. The average Bonchev–Trinajstić information content (AvgIpc) is 3.51. The quantitative estimate of drug-likeness (QED) is 0.139. The topological polar surface area (TPSA) is 194 Å². The van der Waals surface area contributed by atoms with Crippen LogP contribution in [-0.4, -0.2) is 70.5 Å². The van der Waals surface area contributed by atoms with Crippen molar-refractivity contribution in [3.05, 3.63) is 77.4 Å². The van der Waals surface area contributed by atoms with Crippen LogP contribution in [0.5, 0.6) is 0 Å². The fourth-order valence-corrected chi connectivity index (χ4v) is 6.45. The molecule has 8 N–H and O–H groups in total. The molecule has 2 aromatic rings. The standard InChI is InChI=1S/C36H49N5O4.C2HF3O2/c1-4-35(3,41-31(42)19-18-25-16-14-24(2)15-17-25)33(44)40-30(22-26-10-6-5-7-11-26)32(43)36(21-20-27(37)23-36)34(45)39-29-13-9-8-12-28(29)38;3-2(4,5)1(6)7/h5-7,10-11,14-19,27-30H,4,8-9,12-13,20-23,37-38H2,1-3H3,(H,39,45)(H,40,44)(H,41,42);(H,6,7)/t27-,28-,29-,30+,35+,36+;/m0./s1. The average molecular weight is 730 g/mol. The molecule has 2 aliphatic carbocycles. The van der Waals surface area contributed by atoms with E-state index in [1.165, 1.54) is 6.08 Å². The third-order valence-electron chi connectivity index (χ3n) is 9.85. The minimum Gasteiger partial charge on any atom is -0.475 e. The number of carbonyl (C=O) groups is 5. The lowest BCUT2D eigenvalue weighted by molar-refractivity contribution is -0.192. The number of rotatable bonds is 12. The number of amides is 3. The molecule has 0 aliphatic heterocycles. The van der Waals surface area contributed by atoms with Crippen molar-refractivity contribution >= 4 is 35.6 Å². The summed E-state index contributed by atoms with van der Waals surface area (Å²) in [5.74, 6) is -4.40. The van der Waals surface area contributed by atoms with Gasteiger partial charge in [0.25, 0.3) is 0 Å². The van der Waals surface area contributed by atoms with E-state index in [1.54, 1.807) is 19.9 Å². The van der Waals surface area contributed by atoms with E-state index in [-0.39, 0.29) is 49.1 Å². The van der Waals surface area contributed by atoms with E-state index >= 15 is 0 Å². The molecule has 2 aliphatic rings. The molecule has 11 nitrogen and oxygen atoms in total. The second-order valence-corrected chi connectivity index (χ2v) is 13.9. The Morgan fingerprint density at radius 1 is 0.981 bits per heavy atom.